The third-order valence-electron chi connectivity index (χ3n) is 4.32. The van der Waals surface area contributed by atoms with Crippen molar-refractivity contribution in [1.82, 2.24) is 4.57 Å². The summed E-state index contributed by atoms with van der Waals surface area (Å²) in [6.07, 6.45) is 0. The van der Waals surface area contributed by atoms with E-state index in [1.807, 2.05) is 0 Å². The molecular weight excluding hydrogens is 254 g/mol. The van der Waals surface area contributed by atoms with Gasteiger partial charge in [0.25, 0.3) is 0 Å². The zero-order chi connectivity index (χ0) is 15.0. The minimum absolute atomic E-state index is 0.980. The van der Waals surface area contributed by atoms with Crippen LogP contribution < -0.4 is 0 Å². The molecule has 0 bridgehead atoms. The highest BCUT2D eigenvalue weighted by Gasteiger charge is 2.16. The molecule has 1 heterocycles. The summed E-state index contributed by atoms with van der Waals surface area (Å²) in [5, 5.41) is 1.30. The van der Waals surface area contributed by atoms with Gasteiger partial charge in [0.15, 0.2) is 0 Å². The van der Waals surface area contributed by atoms with Crippen LogP contribution in [0.15, 0.2) is 55.1 Å². The molecule has 1 aromatic heterocycles. The molecule has 0 saturated carbocycles. The first-order valence-electron chi connectivity index (χ1n) is 7.48. The first-order valence-corrected chi connectivity index (χ1v) is 7.48. The number of hydrogen-bond donors (Lipinski definition) is 0. The van der Waals surface area contributed by atoms with Crippen molar-refractivity contribution in [1.29, 1.82) is 0 Å². The van der Waals surface area contributed by atoms with Gasteiger partial charge in [0.05, 0.1) is 0 Å². The van der Waals surface area contributed by atoms with Gasteiger partial charge in [-0.15, -0.1) is 0 Å². The third kappa shape index (κ3) is 2.09. The second kappa shape index (κ2) is 5.25. The zero-order valence-corrected chi connectivity index (χ0v) is 13.0. The second-order valence-electron chi connectivity index (χ2n) is 5.52. The summed E-state index contributed by atoms with van der Waals surface area (Å²) in [5.74, 6) is 0. The van der Waals surface area contributed by atoms with Crippen LogP contribution in [0.5, 0.6) is 0 Å². The summed E-state index contributed by atoms with van der Waals surface area (Å²) in [6, 6.07) is 17.1. The van der Waals surface area contributed by atoms with Crippen molar-refractivity contribution in [3.8, 4) is 0 Å². The van der Waals surface area contributed by atoms with E-state index in [2.05, 4.69) is 80.4 Å². The van der Waals surface area contributed by atoms with E-state index < -0.39 is 0 Å². The normalized spacial score (nSPS) is 11.0. The van der Waals surface area contributed by atoms with Gasteiger partial charge in [-0.1, -0.05) is 49.0 Å². The molecule has 1 heteroatoms. The van der Waals surface area contributed by atoms with Gasteiger partial charge in [0.2, 0.25) is 0 Å². The molecular formula is C20H21N. The molecule has 0 fully saturated rings. The van der Waals surface area contributed by atoms with Crippen LogP contribution >= 0.6 is 0 Å². The molecule has 1 nitrogen and oxygen atoms in total. The number of nitrogens with zero attached hydrogens (tertiary/aromatic N) is 1. The average Bonchev–Trinajstić information content (AvgIpc) is 2.78. The van der Waals surface area contributed by atoms with E-state index in [0.717, 1.165) is 12.1 Å². The van der Waals surface area contributed by atoms with E-state index in [1.165, 1.54) is 33.3 Å². The van der Waals surface area contributed by atoms with Crippen molar-refractivity contribution in [3.05, 3.63) is 77.5 Å². The molecule has 0 aliphatic carbocycles. The second-order valence-corrected chi connectivity index (χ2v) is 5.52. The number of aryl methyl sites for hydroxylation is 2. The highest BCUT2D eigenvalue weighted by Crippen LogP contribution is 2.34. The summed E-state index contributed by atoms with van der Waals surface area (Å²) in [4.78, 5) is 0. The molecule has 0 N–H and O–H groups in total. The number of benzene rings is 2. The van der Waals surface area contributed by atoms with E-state index in [9.17, 15) is 0 Å². The SMILES string of the molecule is C=C(c1ccccc1C)c1c(C)n(CC)c2ccccc12. The molecule has 0 aliphatic heterocycles. The predicted molar refractivity (Wildman–Crippen MR) is 91.7 cm³/mol. The van der Waals surface area contributed by atoms with Crippen LogP contribution in [0.2, 0.25) is 0 Å². The van der Waals surface area contributed by atoms with Crippen molar-refractivity contribution in [3.63, 3.8) is 0 Å². The van der Waals surface area contributed by atoms with Gasteiger partial charge in [-0.2, -0.15) is 0 Å². The van der Waals surface area contributed by atoms with Crippen molar-refractivity contribution in [2.75, 3.05) is 0 Å². The maximum atomic E-state index is 4.40. The number of rotatable bonds is 3. The highest BCUT2D eigenvalue weighted by molar-refractivity contribution is 5.98. The Morgan fingerprint density at radius 1 is 1.00 bits per heavy atom. The van der Waals surface area contributed by atoms with E-state index in [0.29, 0.717) is 0 Å². The molecule has 0 radical (unpaired) electrons. The topological polar surface area (TPSA) is 4.93 Å². The molecule has 0 atom stereocenters. The Labute approximate surface area is 126 Å². The van der Waals surface area contributed by atoms with Crippen LogP contribution in [0.25, 0.3) is 16.5 Å². The van der Waals surface area contributed by atoms with Gasteiger partial charge in [-0.25, -0.2) is 0 Å². The van der Waals surface area contributed by atoms with Gasteiger partial charge in [0, 0.05) is 28.7 Å². The van der Waals surface area contributed by atoms with Crippen molar-refractivity contribution < 1.29 is 0 Å². The van der Waals surface area contributed by atoms with Gasteiger partial charge in [0.1, 0.15) is 0 Å². The Hall–Kier alpha value is -2.28. The number of fused-ring (bicyclic) bond motifs is 1. The van der Waals surface area contributed by atoms with E-state index in [1.54, 1.807) is 0 Å². The summed E-state index contributed by atoms with van der Waals surface area (Å²) in [7, 11) is 0. The smallest absolute Gasteiger partial charge is 0.0488 e. The summed E-state index contributed by atoms with van der Waals surface area (Å²) >= 11 is 0. The average molecular weight is 275 g/mol. The van der Waals surface area contributed by atoms with E-state index >= 15 is 0 Å². The van der Waals surface area contributed by atoms with Crippen LogP contribution in [-0.4, -0.2) is 4.57 Å². The van der Waals surface area contributed by atoms with Gasteiger partial charge >= 0.3 is 0 Å². The molecule has 3 rings (SSSR count). The zero-order valence-electron chi connectivity index (χ0n) is 13.0. The van der Waals surface area contributed by atoms with Crippen LogP contribution in [0.4, 0.5) is 0 Å². The Morgan fingerprint density at radius 3 is 2.38 bits per heavy atom. The number of aromatic nitrogens is 1. The fraction of sp³-hybridized carbons (Fsp3) is 0.200. The lowest BCUT2D eigenvalue weighted by atomic mass is 9.94. The Bertz CT molecular complexity index is 821. The van der Waals surface area contributed by atoms with Crippen molar-refractivity contribution >= 4 is 16.5 Å². The highest BCUT2D eigenvalue weighted by atomic mass is 15.0. The van der Waals surface area contributed by atoms with Crippen LogP contribution in [0, 0.1) is 13.8 Å². The molecule has 2 aromatic carbocycles. The molecule has 3 aromatic rings. The lowest BCUT2D eigenvalue weighted by Gasteiger charge is -2.11. The molecule has 0 saturated heterocycles. The molecule has 106 valence electrons. The van der Waals surface area contributed by atoms with Gasteiger partial charge in [-0.05, 0) is 43.5 Å². The quantitative estimate of drug-likeness (QED) is 0.608. The fourth-order valence-electron chi connectivity index (χ4n) is 3.27. The molecule has 0 unspecified atom stereocenters. The number of para-hydroxylation sites is 1. The molecule has 0 aliphatic rings. The molecule has 0 amide bonds. The lowest BCUT2D eigenvalue weighted by Crippen LogP contribution is -1.98. The van der Waals surface area contributed by atoms with Gasteiger partial charge in [-0.3, -0.25) is 0 Å². The van der Waals surface area contributed by atoms with Crippen LogP contribution in [-0.2, 0) is 6.54 Å². The Kier molecular flexibility index (Phi) is 3.42. The van der Waals surface area contributed by atoms with Crippen LogP contribution in [0.3, 0.4) is 0 Å². The standard InChI is InChI=1S/C20H21N/c1-5-21-16(4)20(18-12-8-9-13-19(18)21)15(3)17-11-7-6-10-14(17)2/h6-13H,3,5H2,1-2,4H3. The molecule has 0 spiro atoms. The third-order valence-corrected chi connectivity index (χ3v) is 4.32. The monoisotopic (exact) mass is 275 g/mol. The summed E-state index contributed by atoms with van der Waals surface area (Å²) < 4.78 is 2.37. The largest absolute Gasteiger partial charge is 0.345 e. The Morgan fingerprint density at radius 2 is 1.67 bits per heavy atom. The predicted octanol–water partition coefficient (Wildman–Crippen LogP) is 5.34. The summed E-state index contributed by atoms with van der Waals surface area (Å²) in [5.41, 5.74) is 7.50. The summed E-state index contributed by atoms with van der Waals surface area (Å²) in [6.45, 7) is 11.9. The van der Waals surface area contributed by atoms with E-state index in [-0.39, 0.29) is 0 Å². The Balaban J connectivity index is 2.28. The van der Waals surface area contributed by atoms with Gasteiger partial charge < -0.3 is 4.57 Å². The first kappa shape index (κ1) is 13.7. The fourth-order valence-corrected chi connectivity index (χ4v) is 3.27. The lowest BCUT2D eigenvalue weighted by molar-refractivity contribution is 0.768. The van der Waals surface area contributed by atoms with E-state index in [4.69, 9.17) is 0 Å². The first-order chi connectivity index (χ1) is 10.1. The van der Waals surface area contributed by atoms with Crippen molar-refractivity contribution in [2.45, 2.75) is 27.3 Å². The maximum absolute atomic E-state index is 4.40. The molecule has 21 heavy (non-hydrogen) atoms. The minimum Gasteiger partial charge on any atom is -0.345 e. The minimum atomic E-state index is 0.980. The number of hydrogen-bond acceptors (Lipinski definition) is 0. The maximum Gasteiger partial charge on any atom is 0.0488 e. The van der Waals surface area contributed by atoms with Crippen molar-refractivity contribution in [2.24, 2.45) is 0 Å². The van der Waals surface area contributed by atoms with Crippen LogP contribution in [0.1, 0.15) is 29.3 Å².